The Kier molecular flexibility index (Phi) is 4.10. The van der Waals surface area contributed by atoms with Gasteiger partial charge >= 0.3 is 0 Å². The molecule has 0 bridgehead atoms. The van der Waals surface area contributed by atoms with Gasteiger partial charge in [-0.15, -0.1) is 0 Å². The van der Waals surface area contributed by atoms with Crippen molar-refractivity contribution >= 4 is 17.4 Å². The van der Waals surface area contributed by atoms with Gasteiger partial charge in [0.2, 0.25) is 0 Å². The average Bonchev–Trinajstić information content (AvgIpc) is 2.76. The van der Waals surface area contributed by atoms with Gasteiger partial charge in [-0.2, -0.15) is 0 Å². The van der Waals surface area contributed by atoms with Crippen molar-refractivity contribution in [1.29, 1.82) is 0 Å². The summed E-state index contributed by atoms with van der Waals surface area (Å²) < 4.78 is 0. The van der Waals surface area contributed by atoms with Crippen LogP contribution in [0.3, 0.4) is 0 Å². The summed E-state index contributed by atoms with van der Waals surface area (Å²) in [7, 11) is 1.90. The predicted octanol–water partition coefficient (Wildman–Crippen LogP) is 1.97. The van der Waals surface area contributed by atoms with Crippen molar-refractivity contribution in [2.45, 2.75) is 37.9 Å². The zero-order chi connectivity index (χ0) is 13.2. The van der Waals surface area contributed by atoms with Gasteiger partial charge in [-0.3, -0.25) is 0 Å². The van der Waals surface area contributed by atoms with Crippen molar-refractivity contribution in [3.63, 3.8) is 0 Å². The van der Waals surface area contributed by atoms with E-state index in [0.717, 1.165) is 31.5 Å². The Bertz CT molecular complexity index is 419. The molecule has 1 aliphatic carbocycles. The second kappa shape index (κ2) is 5.43. The Morgan fingerprint density at radius 3 is 2.72 bits per heavy atom. The molecule has 2 rings (SSSR count). The Labute approximate surface area is 112 Å². The van der Waals surface area contributed by atoms with Gasteiger partial charge in [0.25, 0.3) is 0 Å². The first-order valence-electron chi connectivity index (χ1n) is 6.23. The Morgan fingerprint density at radius 1 is 1.44 bits per heavy atom. The van der Waals surface area contributed by atoms with Crippen molar-refractivity contribution in [3.8, 4) is 0 Å². The fourth-order valence-corrected chi connectivity index (χ4v) is 2.67. The van der Waals surface area contributed by atoms with E-state index in [2.05, 4.69) is 4.98 Å². The highest BCUT2D eigenvalue weighted by molar-refractivity contribution is 6.31. The number of likely N-dealkylation sites (N-methyl/N-ethyl adjacent to an activating group) is 1. The van der Waals surface area contributed by atoms with Gasteiger partial charge in [0.05, 0.1) is 17.2 Å². The molecule has 1 aliphatic rings. The molecule has 18 heavy (non-hydrogen) atoms. The summed E-state index contributed by atoms with van der Waals surface area (Å²) in [5.74, 6) is 0.726. The van der Waals surface area contributed by atoms with Crippen molar-refractivity contribution < 1.29 is 10.2 Å². The molecule has 100 valence electrons. The number of rotatable bonds is 4. The lowest BCUT2D eigenvalue weighted by molar-refractivity contribution is 0.0558. The molecule has 0 spiro atoms. The van der Waals surface area contributed by atoms with Crippen molar-refractivity contribution in [3.05, 3.63) is 22.8 Å². The second-order valence-electron chi connectivity index (χ2n) is 5.08. The molecular weight excluding hydrogens is 252 g/mol. The van der Waals surface area contributed by atoms with Crippen molar-refractivity contribution in [2.24, 2.45) is 0 Å². The van der Waals surface area contributed by atoms with Crippen LogP contribution in [-0.4, -0.2) is 34.4 Å². The van der Waals surface area contributed by atoms with Crippen LogP contribution in [0.1, 0.15) is 31.2 Å². The van der Waals surface area contributed by atoms with E-state index in [1.165, 1.54) is 6.20 Å². The van der Waals surface area contributed by atoms with Crippen LogP contribution in [0.4, 0.5) is 5.82 Å². The minimum Gasteiger partial charge on any atom is -0.392 e. The quantitative estimate of drug-likeness (QED) is 0.878. The molecule has 0 radical (unpaired) electrons. The van der Waals surface area contributed by atoms with Crippen LogP contribution in [0, 0.1) is 0 Å². The van der Waals surface area contributed by atoms with Crippen LogP contribution in [-0.2, 0) is 6.61 Å². The molecule has 0 atom stereocenters. The summed E-state index contributed by atoms with van der Waals surface area (Å²) >= 11 is 5.91. The molecule has 0 unspecified atom stereocenters. The summed E-state index contributed by atoms with van der Waals surface area (Å²) in [6.07, 6.45) is 5.40. The summed E-state index contributed by atoms with van der Waals surface area (Å²) in [6.45, 7) is 0.457. The highest BCUT2D eigenvalue weighted by Crippen LogP contribution is 2.31. The van der Waals surface area contributed by atoms with Crippen LogP contribution >= 0.6 is 11.6 Å². The van der Waals surface area contributed by atoms with Crippen molar-refractivity contribution in [2.75, 3.05) is 18.5 Å². The number of hydrogen-bond donors (Lipinski definition) is 2. The number of pyridine rings is 1. The molecule has 1 heterocycles. The van der Waals surface area contributed by atoms with E-state index in [4.69, 9.17) is 11.6 Å². The summed E-state index contributed by atoms with van der Waals surface area (Å²) in [5.41, 5.74) is 0.0575. The van der Waals surface area contributed by atoms with Crippen LogP contribution < -0.4 is 4.90 Å². The number of aliphatic hydroxyl groups excluding tert-OH is 1. The lowest BCUT2D eigenvalue weighted by Crippen LogP contribution is -2.39. The monoisotopic (exact) mass is 270 g/mol. The fraction of sp³-hybridized carbons (Fsp3) is 0.615. The third kappa shape index (κ3) is 2.94. The third-order valence-corrected chi connectivity index (χ3v) is 3.89. The zero-order valence-corrected chi connectivity index (χ0v) is 11.3. The van der Waals surface area contributed by atoms with Gasteiger partial charge in [0, 0.05) is 25.4 Å². The smallest absolute Gasteiger partial charge is 0.128 e. The van der Waals surface area contributed by atoms with Crippen LogP contribution in [0.15, 0.2) is 12.3 Å². The number of anilines is 1. The average molecular weight is 271 g/mol. The molecule has 0 aromatic carbocycles. The van der Waals surface area contributed by atoms with Gasteiger partial charge < -0.3 is 15.1 Å². The molecule has 1 fully saturated rings. The van der Waals surface area contributed by atoms with Gasteiger partial charge in [-0.1, -0.05) is 24.4 Å². The molecule has 0 saturated heterocycles. The number of halogens is 1. The zero-order valence-electron chi connectivity index (χ0n) is 10.6. The molecule has 1 aromatic rings. The standard InChI is InChI=1S/C13H19ClN2O2/c1-16(9-13(18)4-2-3-5-13)12-6-10(8-17)11(14)7-15-12/h6-7,17-18H,2-5,8-9H2,1H3. The van der Waals surface area contributed by atoms with E-state index in [9.17, 15) is 10.2 Å². The predicted molar refractivity (Wildman–Crippen MR) is 71.9 cm³/mol. The van der Waals surface area contributed by atoms with Crippen LogP contribution in [0.2, 0.25) is 5.02 Å². The molecular formula is C13H19ClN2O2. The highest BCUT2D eigenvalue weighted by Gasteiger charge is 2.32. The second-order valence-corrected chi connectivity index (χ2v) is 5.49. The van der Waals surface area contributed by atoms with E-state index in [1.807, 2.05) is 11.9 Å². The van der Waals surface area contributed by atoms with Crippen molar-refractivity contribution in [1.82, 2.24) is 4.98 Å². The summed E-state index contributed by atoms with van der Waals surface area (Å²) in [4.78, 5) is 6.15. The summed E-state index contributed by atoms with van der Waals surface area (Å²) in [6, 6.07) is 1.76. The molecule has 2 N–H and O–H groups in total. The number of hydrogen-bond acceptors (Lipinski definition) is 4. The van der Waals surface area contributed by atoms with E-state index in [-0.39, 0.29) is 6.61 Å². The molecule has 0 aliphatic heterocycles. The van der Waals surface area contributed by atoms with E-state index in [0.29, 0.717) is 17.1 Å². The normalized spacial score (nSPS) is 18.0. The minimum atomic E-state index is -0.602. The number of nitrogens with zero attached hydrogens (tertiary/aromatic N) is 2. The van der Waals surface area contributed by atoms with E-state index < -0.39 is 5.60 Å². The fourth-order valence-electron chi connectivity index (χ4n) is 2.51. The van der Waals surface area contributed by atoms with Gasteiger partial charge in [0.15, 0.2) is 0 Å². The molecule has 4 nitrogen and oxygen atoms in total. The lowest BCUT2D eigenvalue weighted by atomic mass is 10.0. The van der Waals surface area contributed by atoms with Gasteiger partial charge in [-0.05, 0) is 18.9 Å². The first-order chi connectivity index (χ1) is 8.54. The van der Waals surface area contributed by atoms with Crippen LogP contribution in [0.5, 0.6) is 0 Å². The number of aliphatic hydroxyl groups is 2. The highest BCUT2D eigenvalue weighted by atomic mass is 35.5. The van der Waals surface area contributed by atoms with Crippen LogP contribution in [0.25, 0.3) is 0 Å². The lowest BCUT2D eigenvalue weighted by Gasteiger charge is -2.29. The first kappa shape index (κ1) is 13.6. The minimum absolute atomic E-state index is 0.105. The first-order valence-corrected chi connectivity index (χ1v) is 6.61. The molecule has 1 aromatic heterocycles. The Balaban J connectivity index is 2.10. The molecule has 5 heteroatoms. The largest absolute Gasteiger partial charge is 0.392 e. The maximum atomic E-state index is 10.4. The topological polar surface area (TPSA) is 56.6 Å². The van der Waals surface area contributed by atoms with Gasteiger partial charge in [0.1, 0.15) is 5.82 Å². The Hall–Kier alpha value is -0.840. The van der Waals surface area contributed by atoms with E-state index >= 15 is 0 Å². The van der Waals surface area contributed by atoms with Gasteiger partial charge in [-0.25, -0.2) is 4.98 Å². The van der Waals surface area contributed by atoms with E-state index in [1.54, 1.807) is 6.07 Å². The third-order valence-electron chi connectivity index (χ3n) is 3.55. The maximum absolute atomic E-state index is 10.4. The maximum Gasteiger partial charge on any atom is 0.128 e. The Morgan fingerprint density at radius 2 is 2.11 bits per heavy atom. The SMILES string of the molecule is CN(CC1(O)CCCC1)c1cc(CO)c(Cl)cn1. The number of aromatic nitrogens is 1. The summed E-state index contributed by atoms with van der Waals surface area (Å²) in [5, 5.41) is 20.0. The molecule has 1 saturated carbocycles. The molecule has 0 amide bonds.